The maximum Gasteiger partial charge on any atom is 0.323 e. The lowest BCUT2D eigenvalue weighted by atomic mass is 10.2. The van der Waals surface area contributed by atoms with Gasteiger partial charge in [-0.1, -0.05) is 18.2 Å². The molecule has 22 heavy (non-hydrogen) atoms. The average molecular weight is 316 g/mol. The van der Waals surface area contributed by atoms with Crippen molar-refractivity contribution in [1.29, 1.82) is 0 Å². The van der Waals surface area contributed by atoms with Crippen molar-refractivity contribution in [2.75, 3.05) is 0 Å². The van der Waals surface area contributed by atoms with Gasteiger partial charge in [-0.15, -0.1) is 11.3 Å². The van der Waals surface area contributed by atoms with Crippen LogP contribution in [0.3, 0.4) is 0 Å². The van der Waals surface area contributed by atoms with Crippen LogP contribution in [0.15, 0.2) is 53.0 Å². The Morgan fingerprint density at radius 2 is 2.14 bits per heavy atom. The summed E-state index contributed by atoms with van der Waals surface area (Å²) in [7, 11) is 0. The molecule has 0 saturated carbocycles. The van der Waals surface area contributed by atoms with Crippen LogP contribution in [-0.4, -0.2) is 22.3 Å². The van der Waals surface area contributed by atoms with E-state index in [1.165, 1.54) is 23.6 Å². The summed E-state index contributed by atoms with van der Waals surface area (Å²) in [6.07, 6.45) is 4.85. The van der Waals surface area contributed by atoms with Crippen molar-refractivity contribution in [3.8, 4) is 0 Å². The second kappa shape index (κ2) is 7.84. The second-order valence-electron chi connectivity index (χ2n) is 4.26. The fraction of sp³-hybridized carbons (Fsp3) is 0.0667. The molecule has 1 aromatic heterocycles. The Bertz CT molecular complexity index is 709. The minimum Gasteiger partial charge on any atom is -0.273 e. The second-order valence-corrected chi connectivity index (χ2v) is 5.29. The molecule has 0 atom stereocenters. The van der Waals surface area contributed by atoms with Gasteiger partial charge in [0.25, 0.3) is 4.92 Å². The zero-order chi connectivity index (χ0) is 15.8. The van der Waals surface area contributed by atoms with E-state index in [-0.39, 0.29) is 22.9 Å². The van der Waals surface area contributed by atoms with Gasteiger partial charge in [0.2, 0.25) is 5.91 Å². The number of carbonyl (C=O) groups is 1. The molecule has 0 aliphatic rings. The van der Waals surface area contributed by atoms with Crippen molar-refractivity contribution in [2.45, 2.75) is 6.42 Å². The Morgan fingerprint density at radius 3 is 2.86 bits per heavy atom. The minimum absolute atomic E-state index is 0.133. The number of amides is 1. The number of benzene rings is 1. The maximum atomic E-state index is 11.6. The standard InChI is InChI=1S/C15H13N3O3S/c19-15(11-13-7-4-10-22-13)17-16-9-3-6-12-5-1-2-8-14(12)18(20)21/h1-10H,11H2,(H-,17,19,20,21)/p+1/b6-3+,16-9+. The van der Waals surface area contributed by atoms with Crippen LogP contribution in [0.2, 0.25) is 0 Å². The maximum absolute atomic E-state index is 11.6. The highest BCUT2D eigenvalue weighted by atomic mass is 32.1. The number of allylic oxidation sites excluding steroid dienone is 1. The Kier molecular flexibility index (Phi) is 5.56. The molecule has 1 aromatic carbocycles. The van der Waals surface area contributed by atoms with Crippen LogP contribution in [0.25, 0.3) is 6.08 Å². The number of para-hydroxylation sites is 1. The van der Waals surface area contributed by atoms with E-state index in [0.29, 0.717) is 5.56 Å². The van der Waals surface area contributed by atoms with E-state index in [2.05, 4.69) is 10.5 Å². The highest BCUT2D eigenvalue weighted by Gasteiger charge is 2.14. The van der Waals surface area contributed by atoms with E-state index in [1.807, 2.05) is 17.5 Å². The molecule has 0 radical (unpaired) electrons. The summed E-state index contributed by atoms with van der Waals surface area (Å²) >= 11 is 1.51. The Balaban J connectivity index is 1.87. The Morgan fingerprint density at radius 1 is 1.32 bits per heavy atom. The Hall–Kier alpha value is -2.80. The molecule has 0 saturated heterocycles. The van der Waals surface area contributed by atoms with Gasteiger partial charge in [0, 0.05) is 17.2 Å². The van der Waals surface area contributed by atoms with Crippen LogP contribution < -0.4 is 5.43 Å². The third-order valence-corrected chi connectivity index (χ3v) is 3.56. The summed E-state index contributed by atoms with van der Waals surface area (Å²) in [6.45, 7) is 0. The molecule has 1 heterocycles. The number of thiophene rings is 1. The van der Waals surface area contributed by atoms with Crippen molar-refractivity contribution < 1.29 is 14.9 Å². The van der Waals surface area contributed by atoms with Gasteiger partial charge in [-0.25, -0.2) is 10.6 Å². The zero-order valence-electron chi connectivity index (χ0n) is 11.5. The van der Waals surface area contributed by atoms with Crippen LogP contribution in [0.1, 0.15) is 10.4 Å². The smallest absolute Gasteiger partial charge is 0.273 e. The first kappa shape index (κ1) is 15.6. The van der Waals surface area contributed by atoms with Crippen LogP contribution in [-0.2, 0) is 11.2 Å². The van der Waals surface area contributed by atoms with Gasteiger partial charge in [0.1, 0.15) is 0 Å². The molecular weight excluding hydrogens is 302 g/mol. The van der Waals surface area contributed by atoms with Crippen molar-refractivity contribution in [3.05, 3.63) is 63.2 Å². The summed E-state index contributed by atoms with van der Waals surface area (Å²) in [5, 5.41) is 14.6. The minimum atomic E-state index is -0.200. The molecule has 0 fully saturated rings. The highest BCUT2D eigenvalue weighted by molar-refractivity contribution is 7.10. The third-order valence-electron chi connectivity index (χ3n) is 2.68. The first-order valence-electron chi connectivity index (χ1n) is 6.43. The lowest BCUT2D eigenvalue weighted by Gasteiger charge is -1.95. The number of hydrogen-bond acceptors (Lipinski definition) is 4. The number of carbonyl (C=O) groups excluding carboxylic acids is 1. The molecule has 1 amide bonds. The zero-order valence-corrected chi connectivity index (χ0v) is 12.4. The van der Waals surface area contributed by atoms with Crippen LogP contribution in [0, 0.1) is 4.91 Å². The first-order chi connectivity index (χ1) is 10.7. The average Bonchev–Trinajstić information content (AvgIpc) is 3.00. The van der Waals surface area contributed by atoms with Gasteiger partial charge in [-0.3, -0.25) is 4.79 Å². The monoisotopic (exact) mass is 316 g/mol. The van der Waals surface area contributed by atoms with Gasteiger partial charge < -0.3 is 0 Å². The molecule has 112 valence electrons. The topological polar surface area (TPSA) is 81.8 Å². The van der Waals surface area contributed by atoms with Crippen LogP contribution in [0.5, 0.6) is 0 Å². The predicted molar refractivity (Wildman–Crippen MR) is 85.2 cm³/mol. The predicted octanol–water partition coefficient (Wildman–Crippen LogP) is 2.91. The van der Waals surface area contributed by atoms with Gasteiger partial charge in [0.05, 0.1) is 16.9 Å². The van der Waals surface area contributed by atoms with Gasteiger partial charge in [-0.05, 0) is 29.7 Å². The quantitative estimate of drug-likeness (QED) is 0.635. The van der Waals surface area contributed by atoms with Crippen molar-refractivity contribution >= 4 is 35.2 Å². The van der Waals surface area contributed by atoms with E-state index in [4.69, 9.17) is 5.21 Å². The molecule has 2 aromatic rings. The van der Waals surface area contributed by atoms with Crippen molar-refractivity contribution in [2.24, 2.45) is 5.10 Å². The number of nitrogens with one attached hydrogen (secondary N) is 1. The van der Waals surface area contributed by atoms with E-state index in [0.717, 1.165) is 4.88 Å². The number of rotatable bonds is 6. The number of nitrogens with zero attached hydrogens (tertiary/aromatic N) is 2. The lowest BCUT2D eigenvalue weighted by molar-refractivity contribution is -0.729. The van der Waals surface area contributed by atoms with Crippen LogP contribution >= 0.6 is 11.3 Å². The molecule has 6 nitrogen and oxygen atoms in total. The lowest BCUT2D eigenvalue weighted by Crippen LogP contribution is -2.18. The fourth-order valence-corrected chi connectivity index (χ4v) is 2.42. The van der Waals surface area contributed by atoms with Gasteiger partial charge in [0.15, 0.2) is 0 Å². The molecule has 0 unspecified atom stereocenters. The first-order valence-corrected chi connectivity index (χ1v) is 7.31. The third kappa shape index (κ3) is 4.64. The van der Waals surface area contributed by atoms with Crippen LogP contribution in [0.4, 0.5) is 5.69 Å². The Labute approximate surface area is 130 Å². The molecular formula is C15H14N3O3S+. The summed E-state index contributed by atoms with van der Waals surface area (Å²) in [5.41, 5.74) is 3.08. The molecule has 0 aliphatic carbocycles. The van der Waals surface area contributed by atoms with Gasteiger partial charge in [-0.2, -0.15) is 5.10 Å². The SMILES string of the molecule is O=C(Cc1cccs1)N/N=C/C=C/c1ccccc1[N+](=O)O. The van der Waals surface area contributed by atoms with E-state index < -0.39 is 0 Å². The van der Waals surface area contributed by atoms with Gasteiger partial charge >= 0.3 is 5.69 Å². The highest BCUT2D eigenvalue weighted by Crippen LogP contribution is 2.17. The molecule has 0 bridgehead atoms. The molecule has 2 N–H and O–H groups in total. The van der Waals surface area contributed by atoms with E-state index in [9.17, 15) is 9.70 Å². The normalized spacial score (nSPS) is 11.1. The van der Waals surface area contributed by atoms with E-state index in [1.54, 1.807) is 30.4 Å². The largest absolute Gasteiger partial charge is 0.323 e. The summed E-state index contributed by atoms with van der Waals surface area (Å²) in [4.78, 5) is 23.3. The molecule has 0 aliphatic heterocycles. The number of hydrazone groups is 1. The van der Waals surface area contributed by atoms with Crippen molar-refractivity contribution in [3.63, 3.8) is 0 Å². The van der Waals surface area contributed by atoms with Crippen molar-refractivity contribution in [1.82, 2.24) is 5.43 Å². The molecule has 2 rings (SSSR count). The molecule has 0 spiro atoms. The number of hydrogen-bond donors (Lipinski definition) is 2. The molecule has 7 heteroatoms. The summed E-state index contributed by atoms with van der Waals surface area (Å²) < 4.78 is 0. The fourth-order valence-electron chi connectivity index (χ4n) is 1.71. The van der Waals surface area contributed by atoms with E-state index >= 15 is 0 Å². The summed E-state index contributed by atoms with van der Waals surface area (Å²) in [6, 6.07) is 10.3. The summed E-state index contributed by atoms with van der Waals surface area (Å²) in [5.74, 6) is -0.200.